The number of fused-ring (bicyclic) bond motifs is 2. The molecule has 0 aromatic heterocycles. The minimum atomic E-state index is -5.81. The number of alkyl halides is 2. The number of halogens is 2. The Balaban J connectivity index is 2.11. The van der Waals surface area contributed by atoms with Crippen molar-refractivity contribution in [3.63, 3.8) is 0 Å². The van der Waals surface area contributed by atoms with Crippen molar-refractivity contribution in [3.8, 4) is 0 Å². The van der Waals surface area contributed by atoms with Gasteiger partial charge in [-0.2, -0.15) is 17.2 Å². The summed E-state index contributed by atoms with van der Waals surface area (Å²) >= 11 is 0. The zero-order valence-corrected chi connectivity index (χ0v) is 12.0. The molecule has 2 aliphatic rings. The third-order valence-corrected chi connectivity index (χ3v) is 5.05. The molecule has 0 aliphatic heterocycles. The third kappa shape index (κ3) is 2.95. The SMILES string of the molecule is CC1(OC(=O)C(F)(F)S(=O)(=O)O)CC2CCCC(C2)C1. The summed E-state index contributed by atoms with van der Waals surface area (Å²) in [4.78, 5) is 11.4. The van der Waals surface area contributed by atoms with E-state index < -0.39 is 26.9 Å². The van der Waals surface area contributed by atoms with Crippen molar-refractivity contribution in [2.24, 2.45) is 11.8 Å². The lowest BCUT2D eigenvalue weighted by Crippen LogP contribution is -2.48. The molecule has 0 saturated heterocycles. The van der Waals surface area contributed by atoms with Crippen LogP contribution in [0, 0.1) is 11.8 Å². The molecule has 116 valence electrons. The molecular weight excluding hydrogens is 294 g/mol. The maximum absolute atomic E-state index is 13.2. The lowest BCUT2D eigenvalue weighted by molar-refractivity contribution is -0.183. The van der Waals surface area contributed by atoms with Crippen molar-refractivity contribution in [1.82, 2.24) is 0 Å². The van der Waals surface area contributed by atoms with E-state index in [-0.39, 0.29) is 0 Å². The van der Waals surface area contributed by atoms with E-state index in [1.165, 1.54) is 0 Å². The summed E-state index contributed by atoms with van der Waals surface area (Å²) in [5.74, 6) is -1.55. The Labute approximate surface area is 116 Å². The highest BCUT2D eigenvalue weighted by atomic mass is 32.2. The number of hydrogen-bond acceptors (Lipinski definition) is 4. The monoisotopic (exact) mass is 312 g/mol. The standard InChI is InChI=1S/C12H18F2O5S/c1-11(6-8-3-2-4-9(5-8)7-11)19-10(15)12(13,14)20(16,17)18/h8-9H,2-7H2,1H3,(H,16,17,18). The number of carbonyl (C=O) groups excluding carboxylic acids is 1. The van der Waals surface area contributed by atoms with Gasteiger partial charge in [-0.05, 0) is 38.0 Å². The van der Waals surface area contributed by atoms with Gasteiger partial charge in [0.05, 0.1) is 0 Å². The minimum Gasteiger partial charge on any atom is -0.454 e. The lowest BCUT2D eigenvalue weighted by atomic mass is 9.66. The maximum atomic E-state index is 13.2. The van der Waals surface area contributed by atoms with Gasteiger partial charge in [-0.15, -0.1) is 0 Å². The van der Waals surface area contributed by atoms with Gasteiger partial charge in [0, 0.05) is 0 Å². The average Bonchev–Trinajstić information content (AvgIpc) is 2.25. The van der Waals surface area contributed by atoms with Crippen LogP contribution in [0.5, 0.6) is 0 Å². The Kier molecular flexibility index (Phi) is 3.83. The average molecular weight is 312 g/mol. The van der Waals surface area contributed by atoms with E-state index in [0.717, 1.165) is 25.7 Å². The molecule has 8 heteroatoms. The second kappa shape index (κ2) is 4.91. The quantitative estimate of drug-likeness (QED) is 0.639. The zero-order valence-electron chi connectivity index (χ0n) is 11.1. The molecule has 0 aromatic carbocycles. The summed E-state index contributed by atoms with van der Waals surface area (Å²) in [7, 11) is -5.81. The predicted molar refractivity (Wildman–Crippen MR) is 65.7 cm³/mol. The number of rotatable bonds is 3. The van der Waals surface area contributed by atoms with E-state index in [9.17, 15) is 22.0 Å². The Morgan fingerprint density at radius 3 is 2.25 bits per heavy atom. The Bertz CT molecular complexity index is 490. The van der Waals surface area contributed by atoms with Crippen molar-refractivity contribution < 1.29 is 31.3 Å². The Morgan fingerprint density at radius 1 is 1.30 bits per heavy atom. The molecule has 2 bridgehead atoms. The summed E-state index contributed by atoms with van der Waals surface area (Å²) in [5, 5.41) is -4.91. The number of hydrogen-bond donors (Lipinski definition) is 1. The van der Waals surface area contributed by atoms with Crippen LogP contribution in [0.15, 0.2) is 0 Å². The maximum Gasteiger partial charge on any atom is 0.465 e. The highest BCUT2D eigenvalue weighted by molar-refractivity contribution is 7.87. The van der Waals surface area contributed by atoms with E-state index in [1.54, 1.807) is 6.92 Å². The fourth-order valence-electron chi connectivity index (χ4n) is 3.55. The minimum absolute atomic E-state index is 0.319. The van der Waals surface area contributed by atoms with Crippen LogP contribution in [0.3, 0.4) is 0 Å². The normalized spacial score (nSPS) is 34.6. The van der Waals surface area contributed by atoms with Crippen LogP contribution >= 0.6 is 0 Å². The zero-order chi connectivity index (χ0) is 15.2. The topological polar surface area (TPSA) is 80.7 Å². The summed E-state index contributed by atoms with van der Waals surface area (Å²) in [6.45, 7) is 1.55. The van der Waals surface area contributed by atoms with Gasteiger partial charge in [0.2, 0.25) is 0 Å². The van der Waals surface area contributed by atoms with E-state index in [4.69, 9.17) is 9.29 Å². The summed E-state index contributed by atoms with van der Waals surface area (Å²) in [6, 6.07) is 0. The van der Waals surface area contributed by atoms with E-state index >= 15 is 0 Å². The summed E-state index contributed by atoms with van der Waals surface area (Å²) in [5.41, 5.74) is -1.08. The van der Waals surface area contributed by atoms with Gasteiger partial charge >= 0.3 is 21.3 Å². The van der Waals surface area contributed by atoms with Crippen molar-refractivity contribution >= 4 is 16.1 Å². The highest BCUT2D eigenvalue weighted by Gasteiger charge is 2.56. The second-order valence-electron chi connectivity index (χ2n) is 6.14. The number of esters is 1. The molecule has 0 amide bonds. The van der Waals surface area contributed by atoms with Gasteiger partial charge in [-0.25, -0.2) is 4.79 Å². The van der Waals surface area contributed by atoms with Crippen molar-refractivity contribution in [1.29, 1.82) is 0 Å². The number of ether oxygens (including phenoxy) is 1. The molecule has 2 saturated carbocycles. The summed E-state index contributed by atoms with van der Waals surface area (Å²) in [6.07, 6.45) is 4.94. The molecule has 0 spiro atoms. The molecule has 5 nitrogen and oxygen atoms in total. The molecule has 2 fully saturated rings. The summed E-state index contributed by atoms with van der Waals surface area (Å²) < 4.78 is 60.7. The molecule has 2 aliphatic carbocycles. The van der Waals surface area contributed by atoms with Crippen molar-refractivity contribution in [2.45, 2.75) is 56.3 Å². The van der Waals surface area contributed by atoms with Gasteiger partial charge in [0.15, 0.2) is 0 Å². The molecule has 0 heterocycles. The Morgan fingerprint density at radius 2 is 1.80 bits per heavy atom. The number of carbonyl (C=O) groups is 1. The van der Waals surface area contributed by atoms with Gasteiger partial charge in [-0.3, -0.25) is 4.55 Å². The first-order valence-corrected chi connectivity index (χ1v) is 8.06. The molecule has 1 N–H and O–H groups in total. The van der Waals surface area contributed by atoms with Gasteiger partial charge < -0.3 is 4.74 Å². The van der Waals surface area contributed by atoms with Crippen LogP contribution in [0.2, 0.25) is 0 Å². The van der Waals surface area contributed by atoms with Gasteiger partial charge in [0.25, 0.3) is 0 Å². The first-order chi connectivity index (χ1) is 9.03. The molecule has 2 unspecified atom stereocenters. The fraction of sp³-hybridized carbons (Fsp3) is 0.917. The van der Waals surface area contributed by atoms with E-state index in [0.29, 0.717) is 24.7 Å². The molecule has 0 radical (unpaired) electrons. The van der Waals surface area contributed by atoms with Crippen LogP contribution in [0.25, 0.3) is 0 Å². The van der Waals surface area contributed by atoms with E-state index in [1.807, 2.05) is 0 Å². The first kappa shape index (κ1) is 15.6. The molecule has 20 heavy (non-hydrogen) atoms. The van der Waals surface area contributed by atoms with Gasteiger partial charge in [-0.1, -0.05) is 19.3 Å². The largest absolute Gasteiger partial charge is 0.465 e. The fourth-order valence-corrected chi connectivity index (χ4v) is 3.80. The third-order valence-electron chi connectivity index (χ3n) is 4.23. The molecular formula is C12H18F2O5S. The molecule has 0 aromatic rings. The van der Waals surface area contributed by atoms with E-state index in [2.05, 4.69) is 0 Å². The Hall–Kier alpha value is -0.760. The predicted octanol–water partition coefficient (Wildman–Crippen LogP) is 2.37. The molecule has 2 rings (SSSR count). The smallest absolute Gasteiger partial charge is 0.454 e. The van der Waals surface area contributed by atoms with Crippen molar-refractivity contribution in [2.75, 3.05) is 0 Å². The molecule has 2 atom stereocenters. The van der Waals surface area contributed by atoms with Crippen LogP contribution in [0.4, 0.5) is 8.78 Å². The van der Waals surface area contributed by atoms with Crippen LogP contribution in [-0.4, -0.2) is 29.8 Å². The highest BCUT2D eigenvalue weighted by Crippen LogP contribution is 2.46. The van der Waals surface area contributed by atoms with Gasteiger partial charge in [0.1, 0.15) is 5.60 Å². The van der Waals surface area contributed by atoms with Crippen LogP contribution in [0.1, 0.15) is 45.4 Å². The second-order valence-corrected chi connectivity index (χ2v) is 7.60. The van der Waals surface area contributed by atoms with Crippen molar-refractivity contribution in [3.05, 3.63) is 0 Å². The first-order valence-electron chi connectivity index (χ1n) is 6.62. The lowest BCUT2D eigenvalue weighted by Gasteiger charge is -2.44. The van der Waals surface area contributed by atoms with Crippen LogP contribution < -0.4 is 0 Å². The van der Waals surface area contributed by atoms with Crippen LogP contribution in [-0.2, 0) is 19.6 Å².